The third kappa shape index (κ3) is 4.71. The maximum absolute atomic E-state index is 11.7. The summed E-state index contributed by atoms with van der Waals surface area (Å²) in [5, 5.41) is 0. The van der Waals surface area contributed by atoms with Gasteiger partial charge in [0.25, 0.3) is 0 Å². The number of methoxy groups -OCH3 is 1. The lowest BCUT2D eigenvalue weighted by atomic mass is 10.8. The predicted octanol–water partition coefficient (Wildman–Crippen LogP) is 2.02. The molecule has 0 heterocycles. The molecule has 0 spiro atoms. The summed E-state index contributed by atoms with van der Waals surface area (Å²) in [7, 11) is 1.10. The van der Waals surface area contributed by atoms with Gasteiger partial charge in [-0.2, -0.15) is 13.2 Å². The van der Waals surface area contributed by atoms with Gasteiger partial charge in [-0.25, -0.2) is 0 Å². The lowest BCUT2D eigenvalue weighted by molar-refractivity contribution is -0.137. The molecule has 7 heteroatoms. The highest BCUT2D eigenvalue weighted by molar-refractivity contribution is 8.01. The number of carbonyl (C=O) groups excluding carboxylic acids is 1. The van der Waals surface area contributed by atoms with Crippen molar-refractivity contribution in [3.63, 3.8) is 0 Å². The van der Waals surface area contributed by atoms with Gasteiger partial charge in [0.2, 0.25) is 0 Å². The minimum Gasteiger partial charge on any atom is -0.468 e. The molecule has 0 rings (SSSR count). The zero-order chi connectivity index (χ0) is 9.78. The fourth-order valence-corrected chi connectivity index (χ4v) is 1.07. The molecule has 0 saturated heterocycles. The second kappa shape index (κ2) is 4.81. The molecule has 0 bridgehead atoms. The largest absolute Gasteiger partial charge is 0.468 e. The molecule has 72 valence electrons. The number of rotatable bonds is 3. The van der Waals surface area contributed by atoms with E-state index < -0.39 is 22.6 Å². The molecular formula is C5H6ClF3O2S. The summed E-state index contributed by atoms with van der Waals surface area (Å²) < 4.78 is 37.2. The van der Waals surface area contributed by atoms with Crippen LogP contribution >= 0.6 is 23.4 Å². The molecule has 0 amide bonds. The molecule has 0 N–H and O–H groups in total. The van der Waals surface area contributed by atoms with Crippen LogP contribution in [0.2, 0.25) is 0 Å². The van der Waals surface area contributed by atoms with E-state index in [1.54, 1.807) is 0 Å². The maximum Gasteiger partial charge on any atom is 0.414 e. The Hall–Kier alpha value is -0.100. The Morgan fingerprint density at radius 1 is 1.67 bits per heavy atom. The van der Waals surface area contributed by atoms with Crippen LogP contribution in [0.4, 0.5) is 13.2 Å². The first-order chi connectivity index (χ1) is 5.38. The van der Waals surface area contributed by atoms with Crippen molar-refractivity contribution >= 4 is 29.3 Å². The van der Waals surface area contributed by atoms with Crippen molar-refractivity contribution < 1.29 is 22.7 Å². The maximum atomic E-state index is 11.7. The number of esters is 1. The van der Waals surface area contributed by atoms with Crippen molar-refractivity contribution in [1.82, 2.24) is 0 Å². The van der Waals surface area contributed by atoms with Gasteiger partial charge in [0.15, 0.2) is 4.71 Å². The van der Waals surface area contributed by atoms with Crippen LogP contribution in [-0.2, 0) is 9.53 Å². The summed E-state index contributed by atoms with van der Waals surface area (Å²) >= 11 is 5.17. The topological polar surface area (TPSA) is 26.3 Å². The summed E-state index contributed by atoms with van der Waals surface area (Å²) in [4.78, 5) is 10.4. The molecule has 0 aromatic rings. The monoisotopic (exact) mass is 222 g/mol. The first-order valence-electron chi connectivity index (χ1n) is 2.77. The molecule has 0 aromatic heterocycles. The molecule has 0 aliphatic rings. The lowest BCUT2D eigenvalue weighted by Gasteiger charge is -2.11. The Labute approximate surface area is 76.4 Å². The first-order valence-corrected chi connectivity index (χ1v) is 4.25. The van der Waals surface area contributed by atoms with Gasteiger partial charge in [-0.15, -0.1) is 23.4 Å². The van der Waals surface area contributed by atoms with Crippen LogP contribution in [0.15, 0.2) is 0 Å². The van der Waals surface area contributed by atoms with Crippen LogP contribution in [0.3, 0.4) is 0 Å². The Balaban J connectivity index is 3.72. The highest BCUT2D eigenvalue weighted by Gasteiger charge is 2.38. The fourth-order valence-electron chi connectivity index (χ4n) is 0.295. The van der Waals surface area contributed by atoms with Gasteiger partial charge in [-0.1, -0.05) is 0 Å². The van der Waals surface area contributed by atoms with E-state index in [4.69, 9.17) is 11.6 Å². The molecule has 1 unspecified atom stereocenters. The molecule has 0 radical (unpaired) electrons. The van der Waals surface area contributed by atoms with Crippen molar-refractivity contribution in [2.45, 2.75) is 10.9 Å². The minimum absolute atomic E-state index is 0.282. The van der Waals surface area contributed by atoms with Crippen LogP contribution in [0, 0.1) is 0 Å². The summed E-state index contributed by atoms with van der Waals surface area (Å²) in [5.41, 5.74) is 0. The Kier molecular flexibility index (Phi) is 4.77. The lowest BCUT2D eigenvalue weighted by Crippen LogP contribution is -2.21. The van der Waals surface area contributed by atoms with Crippen molar-refractivity contribution in [3.05, 3.63) is 0 Å². The minimum atomic E-state index is -4.49. The smallest absolute Gasteiger partial charge is 0.414 e. The van der Waals surface area contributed by atoms with E-state index in [2.05, 4.69) is 4.74 Å². The summed E-state index contributed by atoms with van der Waals surface area (Å²) in [6.07, 6.45) is -4.49. The van der Waals surface area contributed by atoms with Gasteiger partial charge in [0.1, 0.15) is 0 Å². The second-order valence-corrected chi connectivity index (χ2v) is 3.53. The highest BCUT2D eigenvalue weighted by atomic mass is 35.5. The van der Waals surface area contributed by atoms with Gasteiger partial charge in [-0.05, 0) is 0 Å². The molecule has 2 nitrogen and oxygen atoms in total. The third-order valence-electron chi connectivity index (χ3n) is 0.833. The number of ether oxygens (including phenoxy) is 1. The molecule has 0 aromatic carbocycles. The molecule has 0 saturated carbocycles. The average Bonchev–Trinajstić information content (AvgIpc) is 1.97. The standard InChI is InChI=1S/C5H6ClF3O2S/c1-11-3(10)2-12-4(6)5(7,8)9/h4H,2H2,1H3. The quantitative estimate of drug-likeness (QED) is 0.540. The normalized spacial score (nSPS) is 14.1. The van der Waals surface area contributed by atoms with E-state index in [0.717, 1.165) is 7.11 Å². The van der Waals surface area contributed by atoms with Crippen LogP contribution < -0.4 is 0 Å². The average molecular weight is 223 g/mol. The molecule has 0 fully saturated rings. The van der Waals surface area contributed by atoms with Crippen molar-refractivity contribution in [2.24, 2.45) is 0 Å². The number of thioether (sulfide) groups is 1. The third-order valence-corrected chi connectivity index (χ3v) is 2.42. The first kappa shape index (κ1) is 11.9. The van der Waals surface area contributed by atoms with Gasteiger partial charge in [-0.3, -0.25) is 4.79 Å². The highest BCUT2D eigenvalue weighted by Crippen LogP contribution is 2.33. The van der Waals surface area contributed by atoms with E-state index in [1.165, 1.54) is 0 Å². The fraction of sp³-hybridized carbons (Fsp3) is 0.800. The summed E-state index contributed by atoms with van der Waals surface area (Å²) in [6, 6.07) is 0. The molecule has 12 heavy (non-hydrogen) atoms. The van der Waals surface area contributed by atoms with E-state index in [1.807, 2.05) is 0 Å². The number of hydrogen-bond acceptors (Lipinski definition) is 3. The van der Waals surface area contributed by atoms with Gasteiger partial charge < -0.3 is 4.74 Å². The van der Waals surface area contributed by atoms with Crippen LogP contribution in [-0.4, -0.2) is 29.7 Å². The zero-order valence-electron chi connectivity index (χ0n) is 6.02. The Morgan fingerprint density at radius 3 is 2.50 bits per heavy atom. The predicted molar refractivity (Wildman–Crippen MR) is 40.2 cm³/mol. The van der Waals surface area contributed by atoms with Crippen molar-refractivity contribution in [1.29, 1.82) is 0 Å². The van der Waals surface area contributed by atoms with Crippen LogP contribution in [0.25, 0.3) is 0 Å². The van der Waals surface area contributed by atoms with Gasteiger partial charge in [0, 0.05) is 0 Å². The summed E-state index contributed by atoms with van der Waals surface area (Å²) in [5.74, 6) is -1.13. The number of halogens is 4. The molecule has 0 aliphatic heterocycles. The number of carbonyl (C=O) groups is 1. The van der Waals surface area contributed by atoms with Gasteiger partial charge >= 0.3 is 12.1 Å². The van der Waals surface area contributed by atoms with Crippen molar-refractivity contribution in [3.8, 4) is 0 Å². The van der Waals surface area contributed by atoms with Crippen LogP contribution in [0.5, 0.6) is 0 Å². The molecule has 0 aliphatic carbocycles. The zero-order valence-corrected chi connectivity index (χ0v) is 7.59. The second-order valence-electron chi connectivity index (χ2n) is 1.74. The van der Waals surface area contributed by atoms with E-state index in [9.17, 15) is 18.0 Å². The number of alkyl halides is 4. The van der Waals surface area contributed by atoms with E-state index in [0.29, 0.717) is 0 Å². The Morgan fingerprint density at radius 2 is 2.17 bits per heavy atom. The van der Waals surface area contributed by atoms with Crippen molar-refractivity contribution in [2.75, 3.05) is 12.9 Å². The molecular weight excluding hydrogens is 217 g/mol. The molecule has 1 atom stereocenters. The Bertz CT molecular complexity index is 161. The summed E-state index contributed by atoms with van der Waals surface area (Å²) in [6.45, 7) is 0. The van der Waals surface area contributed by atoms with Gasteiger partial charge in [0.05, 0.1) is 12.9 Å². The SMILES string of the molecule is COC(=O)CSC(Cl)C(F)(F)F. The van der Waals surface area contributed by atoms with E-state index >= 15 is 0 Å². The van der Waals surface area contributed by atoms with Crippen LogP contribution in [0.1, 0.15) is 0 Å². The van der Waals surface area contributed by atoms with E-state index in [-0.39, 0.29) is 11.8 Å². The number of hydrogen-bond donors (Lipinski definition) is 0.